The molecule has 5 nitrogen and oxygen atoms in total. The predicted molar refractivity (Wildman–Crippen MR) is 77.6 cm³/mol. The summed E-state index contributed by atoms with van der Waals surface area (Å²) in [4.78, 5) is 28.2. The summed E-state index contributed by atoms with van der Waals surface area (Å²) in [6.45, 7) is 3.12. The van der Waals surface area contributed by atoms with Gasteiger partial charge in [0.05, 0.1) is 13.1 Å². The van der Waals surface area contributed by atoms with E-state index in [1.807, 2.05) is 17.5 Å². The highest BCUT2D eigenvalue weighted by molar-refractivity contribution is 7.09. The van der Waals surface area contributed by atoms with Crippen LogP contribution in [0.2, 0.25) is 0 Å². The molecule has 1 aliphatic heterocycles. The highest BCUT2D eigenvalue weighted by atomic mass is 32.1. The second-order valence-corrected chi connectivity index (χ2v) is 6.47. The molecule has 20 heavy (non-hydrogen) atoms. The maximum atomic E-state index is 12.2. The molecule has 6 heteroatoms. The highest BCUT2D eigenvalue weighted by Gasteiger charge is 2.44. The third kappa shape index (κ3) is 3.02. The number of rotatable bonds is 5. The zero-order chi connectivity index (χ0) is 14.8. The van der Waals surface area contributed by atoms with Crippen molar-refractivity contribution in [2.75, 3.05) is 20.1 Å². The van der Waals surface area contributed by atoms with E-state index in [9.17, 15) is 14.7 Å². The maximum absolute atomic E-state index is 12.2. The topological polar surface area (TPSA) is 60.9 Å². The number of likely N-dealkylation sites (N-methyl/N-ethyl adjacent to an activating group) is 1. The predicted octanol–water partition coefficient (Wildman–Crippen LogP) is 1.65. The van der Waals surface area contributed by atoms with E-state index in [0.717, 1.165) is 11.3 Å². The van der Waals surface area contributed by atoms with Gasteiger partial charge < -0.3 is 10.0 Å². The molecule has 2 heterocycles. The third-order valence-electron chi connectivity index (χ3n) is 3.98. The summed E-state index contributed by atoms with van der Waals surface area (Å²) in [7, 11) is 1.76. The summed E-state index contributed by atoms with van der Waals surface area (Å²) in [5, 5.41) is 11.3. The van der Waals surface area contributed by atoms with Crippen LogP contribution < -0.4 is 0 Å². The maximum Gasteiger partial charge on any atom is 0.323 e. The van der Waals surface area contributed by atoms with Gasteiger partial charge in [0.2, 0.25) is 5.91 Å². The number of carbonyl (C=O) groups excluding carboxylic acids is 1. The van der Waals surface area contributed by atoms with Crippen molar-refractivity contribution in [3.05, 3.63) is 22.4 Å². The molecule has 1 atom stereocenters. The zero-order valence-electron chi connectivity index (χ0n) is 11.8. The molecule has 1 aromatic rings. The van der Waals surface area contributed by atoms with Gasteiger partial charge in [0.15, 0.2) is 0 Å². The Kier molecular flexibility index (Phi) is 4.45. The third-order valence-corrected chi connectivity index (χ3v) is 4.84. The standard InChI is InChI=1S/C14H20N2O3S/c1-14(13(18)19)6-4-7-16(14)10-12(17)15(2)9-11-5-3-8-20-11/h3,5,8H,4,6-7,9-10H2,1-2H3,(H,18,19). The number of nitrogens with zero attached hydrogens (tertiary/aromatic N) is 2. The molecule has 1 saturated heterocycles. The number of amides is 1. The molecule has 1 unspecified atom stereocenters. The quantitative estimate of drug-likeness (QED) is 0.897. The molecule has 1 aromatic heterocycles. The lowest BCUT2D eigenvalue weighted by Crippen LogP contribution is -2.51. The van der Waals surface area contributed by atoms with Gasteiger partial charge in [-0.2, -0.15) is 0 Å². The van der Waals surface area contributed by atoms with E-state index in [1.54, 1.807) is 35.1 Å². The molecule has 0 aromatic carbocycles. The molecule has 0 spiro atoms. The van der Waals surface area contributed by atoms with Gasteiger partial charge in [0, 0.05) is 11.9 Å². The largest absolute Gasteiger partial charge is 0.480 e. The van der Waals surface area contributed by atoms with Gasteiger partial charge in [0.1, 0.15) is 5.54 Å². The molecule has 1 N–H and O–H groups in total. The van der Waals surface area contributed by atoms with Crippen LogP contribution >= 0.6 is 11.3 Å². The van der Waals surface area contributed by atoms with Crippen LogP contribution in [-0.2, 0) is 16.1 Å². The smallest absolute Gasteiger partial charge is 0.323 e. The van der Waals surface area contributed by atoms with E-state index in [2.05, 4.69) is 0 Å². The zero-order valence-corrected chi connectivity index (χ0v) is 12.7. The molecule has 0 radical (unpaired) electrons. The van der Waals surface area contributed by atoms with Crippen LogP contribution in [-0.4, -0.2) is 52.5 Å². The van der Waals surface area contributed by atoms with Crippen molar-refractivity contribution in [1.29, 1.82) is 0 Å². The summed E-state index contributed by atoms with van der Waals surface area (Å²) in [6.07, 6.45) is 1.43. The van der Waals surface area contributed by atoms with Crippen LogP contribution in [0.25, 0.3) is 0 Å². The summed E-state index contributed by atoms with van der Waals surface area (Å²) in [6, 6.07) is 3.95. The molecule has 0 bridgehead atoms. The van der Waals surface area contributed by atoms with Crippen molar-refractivity contribution in [2.24, 2.45) is 0 Å². The lowest BCUT2D eigenvalue weighted by Gasteiger charge is -2.31. The normalized spacial score (nSPS) is 22.9. The first-order chi connectivity index (χ1) is 9.43. The van der Waals surface area contributed by atoms with Gasteiger partial charge in [-0.3, -0.25) is 14.5 Å². The van der Waals surface area contributed by atoms with Crippen LogP contribution in [0.15, 0.2) is 17.5 Å². The van der Waals surface area contributed by atoms with E-state index in [-0.39, 0.29) is 12.5 Å². The summed E-state index contributed by atoms with van der Waals surface area (Å²) in [5.74, 6) is -0.878. The van der Waals surface area contributed by atoms with E-state index < -0.39 is 11.5 Å². The molecule has 2 rings (SSSR count). The van der Waals surface area contributed by atoms with Gasteiger partial charge in [-0.05, 0) is 37.8 Å². The van der Waals surface area contributed by atoms with E-state index in [1.165, 1.54) is 0 Å². The number of carboxylic acid groups (broad SMARTS) is 1. The van der Waals surface area contributed by atoms with Crippen molar-refractivity contribution in [3.8, 4) is 0 Å². The average Bonchev–Trinajstić information content (AvgIpc) is 3.01. The first-order valence-corrected chi connectivity index (χ1v) is 7.56. The van der Waals surface area contributed by atoms with Crippen molar-refractivity contribution < 1.29 is 14.7 Å². The SMILES string of the molecule is CN(Cc1cccs1)C(=O)CN1CCCC1(C)C(=O)O. The van der Waals surface area contributed by atoms with Crippen LogP contribution in [0.1, 0.15) is 24.6 Å². The number of aliphatic carboxylic acids is 1. The second kappa shape index (κ2) is 5.93. The van der Waals surface area contributed by atoms with Crippen molar-refractivity contribution in [1.82, 2.24) is 9.80 Å². The van der Waals surface area contributed by atoms with Crippen LogP contribution in [0.4, 0.5) is 0 Å². The number of hydrogen-bond acceptors (Lipinski definition) is 4. The van der Waals surface area contributed by atoms with Crippen LogP contribution in [0.3, 0.4) is 0 Å². The van der Waals surface area contributed by atoms with Crippen LogP contribution in [0, 0.1) is 0 Å². The van der Waals surface area contributed by atoms with Gasteiger partial charge in [-0.1, -0.05) is 6.07 Å². The fourth-order valence-electron chi connectivity index (χ4n) is 2.52. The lowest BCUT2D eigenvalue weighted by molar-refractivity contribution is -0.150. The Bertz CT molecular complexity index is 489. The van der Waals surface area contributed by atoms with Crippen molar-refractivity contribution in [3.63, 3.8) is 0 Å². The Morgan fingerprint density at radius 3 is 2.90 bits per heavy atom. The summed E-state index contributed by atoms with van der Waals surface area (Å²) >= 11 is 1.61. The first kappa shape index (κ1) is 15.0. The van der Waals surface area contributed by atoms with Crippen molar-refractivity contribution in [2.45, 2.75) is 31.8 Å². The van der Waals surface area contributed by atoms with Gasteiger partial charge in [-0.15, -0.1) is 11.3 Å². The van der Waals surface area contributed by atoms with E-state index >= 15 is 0 Å². The number of thiophene rings is 1. The number of hydrogen-bond donors (Lipinski definition) is 1. The highest BCUT2D eigenvalue weighted by Crippen LogP contribution is 2.29. The number of likely N-dealkylation sites (tertiary alicyclic amines) is 1. The molecule has 0 saturated carbocycles. The molecule has 0 aliphatic carbocycles. The minimum Gasteiger partial charge on any atom is -0.480 e. The summed E-state index contributed by atoms with van der Waals surface area (Å²) < 4.78 is 0. The Hall–Kier alpha value is -1.40. The fraction of sp³-hybridized carbons (Fsp3) is 0.571. The molecule has 1 fully saturated rings. The van der Waals surface area contributed by atoms with Crippen LogP contribution in [0.5, 0.6) is 0 Å². The Labute approximate surface area is 122 Å². The summed E-state index contributed by atoms with van der Waals surface area (Å²) in [5.41, 5.74) is -0.903. The number of carbonyl (C=O) groups is 2. The lowest BCUT2D eigenvalue weighted by atomic mass is 9.99. The van der Waals surface area contributed by atoms with E-state index in [4.69, 9.17) is 0 Å². The first-order valence-electron chi connectivity index (χ1n) is 6.68. The van der Waals surface area contributed by atoms with Crippen molar-refractivity contribution >= 4 is 23.2 Å². The fourth-order valence-corrected chi connectivity index (χ4v) is 3.28. The second-order valence-electron chi connectivity index (χ2n) is 5.43. The monoisotopic (exact) mass is 296 g/mol. The van der Waals surface area contributed by atoms with Gasteiger partial charge in [0.25, 0.3) is 0 Å². The van der Waals surface area contributed by atoms with Gasteiger partial charge >= 0.3 is 5.97 Å². The molecular weight excluding hydrogens is 276 g/mol. The molecular formula is C14H20N2O3S. The van der Waals surface area contributed by atoms with E-state index in [0.29, 0.717) is 19.5 Å². The van der Waals surface area contributed by atoms with Gasteiger partial charge in [-0.25, -0.2) is 0 Å². The molecule has 1 amide bonds. The Balaban J connectivity index is 1.95. The minimum absolute atomic E-state index is 0.0345. The minimum atomic E-state index is -0.903. The average molecular weight is 296 g/mol. The number of carboxylic acids is 1. The molecule has 110 valence electrons. The Morgan fingerprint density at radius 2 is 2.30 bits per heavy atom. The molecule has 1 aliphatic rings. The Morgan fingerprint density at radius 1 is 1.55 bits per heavy atom.